The maximum atomic E-state index is 11.7. The number of aromatic carboxylic acids is 1. The van der Waals surface area contributed by atoms with Crippen LogP contribution >= 0.6 is 11.6 Å². The monoisotopic (exact) mass is 300 g/mol. The molecule has 6 heteroatoms. The van der Waals surface area contributed by atoms with Gasteiger partial charge in [-0.1, -0.05) is 24.9 Å². The fourth-order valence-corrected chi connectivity index (χ4v) is 1.83. The van der Waals surface area contributed by atoms with Crippen LogP contribution in [0.5, 0.6) is 5.75 Å². The summed E-state index contributed by atoms with van der Waals surface area (Å²) in [5.74, 6) is -1.26. The maximum Gasteiger partial charge on any atom is 0.347 e. The Labute approximate surface area is 122 Å². The standard InChI is InChI=1S/C14H17ClO5/c1-3-5-12(14(18)19-4-2)20-11-7-6-9(13(16)17)8-10(11)15/h6-8,12H,3-5H2,1-2H3,(H,16,17). The second-order valence-electron chi connectivity index (χ2n) is 4.10. The van der Waals surface area contributed by atoms with E-state index in [4.69, 9.17) is 26.2 Å². The zero-order valence-corrected chi connectivity index (χ0v) is 12.1. The lowest BCUT2D eigenvalue weighted by atomic mass is 10.2. The molecule has 0 aliphatic rings. The quantitative estimate of drug-likeness (QED) is 0.783. The van der Waals surface area contributed by atoms with Crippen molar-refractivity contribution in [2.75, 3.05) is 6.61 Å². The number of carbonyl (C=O) groups is 2. The highest BCUT2D eigenvalue weighted by Crippen LogP contribution is 2.27. The van der Waals surface area contributed by atoms with Gasteiger partial charge in [-0.3, -0.25) is 0 Å². The van der Waals surface area contributed by atoms with Crippen molar-refractivity contribution in [1.29, 1.82) is 0 Å². The summed E-state index contributed by atoms with van der Waals surface area (Å²) >= 11 is 5.96. The van der Waals surface area contributed by atoms with Crippen molar-refractivity contribution in [2.45, 2.75) is 32.8 Å². The smallest absolute Gasteiger partial charge is 0.347 e. The van der Waals surface area contributed by atoms with E-state index in [1.165, 1.54) is 18.2 Å². The molecule has 0 aliphatic heterocycles. The largest absolute Gasteiger partial charge is 0.478 e. The van der Waals surface area contributed by atoms with E-state index in [0.717, 1.165) is 6.42 Å². The van der Waals surface area contributed by atoms with E-state index in [-0.39, 0.29) is 22.9 Å². The molecule has 0 amide bonds. The zero-order valence-electron chi connectivity index (χ0n) is 11.4. The van der Waals surface area contributed by atoms with E-state index in [1.54, 1.807) is 6.92 Å². The Kier molecular flexibility index (Phi) is 6.31. The van der Waals surface area contributed by atoms with Crippen LogP contribution in [0.4, 0.5) is 0 Å². The van der Waals surface area contributed by atoms with Crippen LogP contribution in [0, 0.1) is 0 Å². The van der Waals surface area contributed by atoms with E-state index >= 15 is 0 Å². The van der Waals surface area contributed by atoms with Crippen molar-refractivity contribution >= 4 is 23.5 Å². The number of rotatable bonds is 7. The average Bonchev–Trinajstić information content (AvgIpc) is 2.40. The lowest BCUT2D eigenvalue weighted by molar-refractivity contribution is -0.151. The van der Waals surface area contributed by atoms with Crippen LogP contribution in [-0.4, -0.2) is 29.8 Å². The van der Waals surface area contributed by atoms with Gasteiger partial charge in [-0.25, -0.2) is 9.59 Å². The van der Waals surface area contributed by atoms with Gasteiger partial charge in [-0.2, -0.15) is 0 Å². The number of halogens is 1. The Balaban J connectivity index is 2.88. The summed E-state index contributed by atoms with van der Waals surface area (Å²) in [6, 6.07) is 4.10. The van der Waals surface area contributed by atoms with E-state index in [1.807, 2.05) is 6.92 Å². The molecule has 5 nitrogen and oxygen atoms in total. The summed E-state index contributed by atoms with van der Waals surface area (Å²) in [4.78, 5) is 22.5. The molecule has 0 fully saturated rings. The highest BCUT2D eigenvalue weighted by atomic mass is 35.5. The first-order valence-electron chi connectivity index (χ1n) is 6.35. The fraction of sp³-hybridized carbons (Fsp3) is 0.429. The predicted molar refractivity (Wildman–Crippen MR) is 74.4 cm³/mol. The van der Waals surface area contributed by atoms with Gasteiger partial charge < -0.3 is 14.6 Å². The Bertz CT molecular complexity index is 486. The van der Waals surface area contributed by atoms with Crippen LogP contribution in [0.1, 0.15) is 37.0 Å². The van der Waals surface area contributed by atoms with Crippen molar-refractivity contribution in [2.24, 2.45) is 0 Å². The maximum absolute atomic E-state index is 11.7. The molecule has 1 unspecified atom stereocenters. The van der Waals surface area contributed by atoms with Crippen LogP contribution < -0.4 is 4.74 Å². The first kappa shape index (κ1) is 16.3. The van der Waals surface area contributed by atoms with Crippen LogP contribution in [0.25, 0.3) is 0 Å². The number of hydrogen-bond acceptors (Lipinski definition) is 4. The molecule has 0 saturated heterocycles. The molecule has 0 saturated carbocycles. The summed E-state index contributed by atoms with van der Waals surface area (Å²) in [7, 11) is 0. The molecule has 0 aliphatic carbocycles. The van der Waals surface area contributed by atoms with Crippen molar-refractivity contribution in [3.8, 4) is 5.75 Å². The minimum absolute atomic E-state index is 0.0607. The third kappa shape index (κ3) is 4.42. The molecule has 0 bridgehead atoms. The molecule has 20 heavy (non-hydrogen) atoms. The minimum atomic E-state index is -1.08. The summed E-state index contributed by atoms with van der Waals surface area (Å²) in [5.41, 5.74) is 0.0607. The van der Waals surface area contributed by atoms with Crippen LogP contribution in [-0.2, 0) is 9.53 Å². The molecule has 1 aromatic carbocycles. The first-order valence-corrected chi connectivity index (χ1v) is 6.73. The van der Waals surface area contributed by atoms with Crippen molar-refractivity contribution in [3.63, 3.8) is 0 Å². The van der Waals surface area contributed by atoms with Gasteiger partial charge in [-0.05, 0) is 31.5 Å². The average molecular weight is 301 g/mol. The summed E-state index contributed by atoms with van der Waals surface area (Å²) < 4.78 is 10.5. The van der Waals surface area contributed by atoms with Crippen LogP contribution in [0.15, 0.2) is 18.2 Å². The van der Waals surface area contributed by atoms with Gasteiger partial charge in [0.2, 0.25) is 0 Å². The Hall–Kier alpha value is -1.75. The second kappa shape index (κ2) is 7.75. The molecule has 1 rings (SSSR count). The topological polar surface area (TPSA) is 72.8 Å². The number of carboxylic acid groups (broad SMARTS) is 1. The van der Waals surface area contributed by atoms with Crippen molar-refractivity contribution in [1.82, 2.24) is 0 Å². The lowest BCUT2D eigenvalue weighted by Crippen LogP contribution is -2.29. The van der Waals surface area contributed by atoms with Gasteiger partial charge in [0.1, 0.15) is 5.75 Å². The van der Waals surface area contributed by atoms with Crippen LogP contribution in [0.2, 0.25) is 5.02 Å². The molecule has 0 heterocycles. The number of carbonyl (C=O) groups excluding carboxylic acids is 1. The van der Waals surface area contributed by atoms with Crippen molar-refractivity contribution in [3.05, 3.63) is 28.8 Å². The highest BCUT2D eigenvalue weighted by molar-refractivity contribution is 6.32. The zero-order chi connectivity index (χ0) is 15.1. The number of carboxylic acids is 1. The molecular formula is C14H17ClO5. The number of esters is 1. The number of hydrogen-bond donors (Lipinski definition) is 1. The van der Waals surface area contributed by atoms with Gasteiger partial charge >= 0.3 is 11.9 Å². The van der Waals surface area contributed by atoms with Gasteiger partial charge in [0.15, 0.2) is 6.10 Å². The van der Waals surface area contributed by atoms with E-state index in [2.05, 4.69) is 0 Å². The molecule has 0 radical (unpaired) electrons. The molecule has 1 atom stereocenters. The summed E-state index contributed by atoms with van der Waals surface area (Å²) in [6.45, 7) is 3.91. The summed E-state index contributed by atoms with van der Waals surface area (Å²) in [6.07, 6.45) is 0.498. The normalized spacial score (nSPS) is 11.8. The molecule has 1 N–H and O–H groups in total. The van der Waals surface area contributed by atoms with Crippen LogP contribution in [0.3, 0.4) is 0 Å². The minimum Gasteiger partial charge on any atom is -0.478 e. The lowest BCUT2D eigenvalue weighted by Gasteiger charge is -2.18. The number of ether oxygens (including phenoxy) is 2. The Morgan fingerprint density at radius 3 is 2.55 bits per heavy atom. The highest BCUT2D eigenvalue weighted by Gasteiger charge is 2.22. The van der Waals surface area contributed by atoms with E-state index < -0.39 is 18.0 Å². The predicted octanol–water partition coefficient (Wildman–Crippen LogP) is 3.15. The van der Waals surface area contributed by atoms with Gasteiger partial charge in [0, 0.05) is 0 Å². The Morgan fingerprint density at radius 2 is 2.05 bits per heavy atom. The van der Waals surface area contributed by atoms with Gasteiger partial charge in [0.05, 0.1) is 17.2 Å². The Morgan fingerprint density at radius 1 is 1.35 bits per heavy atom. The molecule has 1 aromatic rings. The molecule has 0 spiro atoms. The molecule has 110 valence electrons. The molecular weight excluding hydrogens is 284 g/mol. The van der Waals surface area contributed by atoms with Crippen molar-refractivity contribution < 1.29 is 24.2 Å². The fourth-order valence-electron chi connectivity index (χ4n) is 1.60. The number of benzene rings is 1. The van der Waals surface area contributed by atoms with E-state index in [9.17, 15) is 9.59 Å². The van der Waals surface area contributed by atoms with E-state index in [0.29, 0.717) is 6.42 Å². The van der Waals surface area contributed by atoms with Gasteiger partial charge in [-0.15, -0.1) is 0 Å². The third-order valence-corrected chi connectivity index (χ3v) is 2.84. The summed E-state index contributed by atoms with van der Waals surface area (Å²) in [5, 5.41) is 9.00. The second-order valence-corrected chi connectivity index (χ2v) is 4.50. The SMILES string of the molecule is CCCC(Oc1ccc(C(=O)O)cc1Cl)C(=O)OCC. The molecule has 0 aromatic heterocycles. The first-order chi connectivity index (χ1) is 9.49. The van der Waals surface area contributed by atoms with Gasteiger partial charge in [0.25, 0.3) is 0 Å². The third-order valence-electron chi connectivity index (χ3n) is 2.55.